The molecule has 0 saturated heterocycles. The maximum Gasteiger partial charge on any atom is 0.217 e. The zero-order valence-electron chi connectivity index (χ0n) is 17.7. The molecule has 0 unspecified atom stereocenters. The normalized spacial score (nSPS) is 19.1. The Morgan fingerprint density at radius 1 is 0.806 bits per heavy atom. The standard InChI is InChI=1S/C25H24N2O4/c1-28-21-10-6-5-9-18(21)25-27-20(17-8-4-7-11-22(17)31-25)15-19(26-27)16-12-13-23(29-2)24(14-16)30-3/h4-14,20,25H,15H2,1-3H3/t20-,25+/m1/s1. The van der Waals surface area contributed by atoms with Crippen LogP contribution >= 0.6 is 0 Å². The van der Waals surface area contributed by atoms with Gasteiger partial charge in [0.1, 0.15) is 11.5 Å². The number of fused-ring (bicyclic) bond motifs is 3. The van der Waals surface area contributed by atoms with Crippen LogP contribution < -0.4 is 18.9 Å². The van der Waals surface area contributed by atoms with Crippen LogP contribution in [0.5, 0.6) is 23.0 Å². The Morgan fingerprint density at radius 3 is 2.29 bits per heavy atom. The number of nitrogens with zero attached hydrogens (tertiary/aromatic N) is 2. The van der Waals surface area contributed by atoms with Gasteiger partial charge in [0.15, 0.2) is 11.5 Å². The van der Waals surface area contributed by atoms with Crippen molar-refractivity contribution in [2.45, 2.75) is 18.7 Å². The predicted octanol–water partition coefficient (Wildman–Crippen LogP) is 4.95. The van der Waals surface area contributed by atoms with Gasteiger partial charge in [0, 0.05) is 17.5 Å². The number of para-hydroxylation sites is 2. The third-order valence-electron chi connectivity index (χ3n) is 5.82. The third kappa shape index (κ3) is 3.24. The van der Waals surface area contributed by atoms with Gasteiger partial charge in [-0.3, -0.25) is 0 Å². The summed E-state index contributed by atoms with van der Waals surface area (Å²) in [5, 5.41) is 7.06. The van der Waals surface area contributed by atoms with Gasteiger partial charge in [-0.2, -0.15) is 5.10 Å². The average Bonchev–Trinajstić information content (AvgIpc) is 3.29. The van der Waals surface area contributed by atoms with Crippen molar-refractivity contribution in [2.24, 2.45) is 5.10 Å². The largest absolute Gasteiger partial charge is 0.496 e. The number of rotatable bonds is 5. The molecule has 0 aromatic heterocycles. The molecular weight excluding hydrogens is 392 g/mol. The van der Waals surface area contributed by atoms with E-state index < -0.39 is 0 Å². The lowest BCUT2D eigenvalue weighted by Gasteiger charge is -2.38. The molecule has 2 aliphatic heterocycles. The van der Waals surface area contributed by atoms with E-state index in [4.69, 9.17) is 24.0 Å². The quantitative estimate of drug-likeness (QED) is 0.589. The van der Waals surface area contributed by atoms with Crippen molar-refractivity contribution in [3.63, 3.8) is 0 Å². The zero-order chi connectivity index (χ0) is 21.4. The van der Waals surface area contributed by atoms with Crippen LogP contribution in [-0.2, 0) is 0 Å². The lowest BCUT2D eigenvalue weighted by atomic mass is 9.95. The molecule has 0 saturated carbocycles. The van der Waals surface area contributed by atoms with Gasteiger partial charge < -0.3 is 18.9 Å². The highest BCUT2D eigenvalue weighted by molar-refractivity contribution is 6.02. The van der Waals surface area contributed by atoms with Crippen LogP contribution in [0.15, 0.2) is 71.8 Å². The maximum atomic E-state index is 6.43. The molecule has 2 heterocycles. The number of hydrogen-bond donors (Lipinski definition) is 0. The van der Waals surface area contributed by atoms with Crippen LogP contribution in [0.4, 0.5) is 0 Å². The van der Waals surface area contributed by atoms with Crippen LogP contribution in [0.3, 0.4) is 0 Å². The van der Waals surface area contributed by atoms with Gasteiger partial charge in [0.25, 0.3) is 0 Å². The molecule has 0 fully saturated rings. The summed E-state index contributed by atoms with van der Waals surface area (Å²) in [7, 11) is 4.95. The first kappa shape index (κ1) is 19.3. The summed E-state index contributed by atoms with van der Waals surface area (Å²) in [5.74, 6) is 3.04. The Morgan fingerprint density at radius 2 is 1.52 bits per heavy atom. The van der Waals surface area contributed by atoms with Crippen molar-refractivity contribution in [1.82, 2.24) is 5.01 Å². The number of hydrogen-bond acceptors (Lipinski definition) is 6. The number of ether oxygens (including phenoxy) is 4. The van der Waals surface area contributed by atoms with Crippen molar-refractivity contribution < 1.29 is 18.9 Å². The molecule has 158 valence electrons. The SMILES string of the molecule is COc1ccc(C2=NN3[C@H](C2)c2ccccc2O[C@H]3c2ccccc2OC)cc1OC. The molecule has 0 aliphatic carbocycles. The predicted molar refractivity (Wildman–Crippen MR) is 118 cm³/mol. The number of benzene rings is 3. The Labute approximate surface area is 181 Å². The molecule has 6 nitrogen and oxygen atoms in total. The summed E-state index contributed by atoms with van der Waals surface area (Å²) < 4.78 is 22.9. The summed E-state index contributed by atoms with van der Waals surface area (Å²) in [6.45, 7) is 0. The molecular formula is C25H24N2O4. The van der Waals surface area contributed by atoms with E-state index in [2.05, 4.69) is 6.07 Å². The minimum Gasteiger partial charge on any atom is -0.496 e. The van der Waals surface area contributed by atoms with Gasteiger partial charge in [-0.15, -0.1) is 0 Å². The van der Waals surface area contributed by atoms with Gasteiger partial charge >= 0.3 is 0 Å². The van der Waals surface area contributed by atoms with Crippen LogP contribution in [0, 0.1) is 0 Å². The molecule has 31 heavy (non-hydrogen) atoms. The van der Waals surface area contributed by atoms with E-state index in [0.717, 1.165) is 40.3 Å². The van der Waals surface area contributed by atoms with Crippen molar-refractivity contribution in [1.29, 1.82) is 0 Å². The number of methoxy groups -OCH3 is 3. The van der Waals surface area contributed by atoms with Crippen molar-refractivity contribution in [3.05, 3.63) is 83.4 Å². The third-order valence-corrected chi connectivity index (χ3v) is 5.82. The van der Waals surface area contributed by atoms with E-state index in [0.29, 0.717) is 11.5 Å². The monoisotopic (exact) mass is 416 g/mol. The summed E-state index contributed by atoms with van der Waals surface area (Å²) >= 11 is 0. The van der Waals surface area contributed by atoms with Crippen molar-refractivity contribution >= 4 is 5.71 Å². The molecule has 2 atom stereocenters. The summed E-state index contributed by atoms with van der Waals surface area (Å²) in [4.78, 5) is 0. The second-order valence-corrected chi connectivity index (χ2v) is 7.47. The summed E-state index contributed by atoms with van der Waals surface area (Å²) in [6.07, 6.45) is 0.385. The first-order valence-corrected chi connectivity index (χ1v) is 10.2. The van der Waals surface area contributed by atoms with Gasteiger partial charge in [-0.05, 0) is 36.4 Å². The topological polar surface area (TPSA) is 52.5 Å². The van der Waals surface area contributed by atoms with Gasteiger partial charge in [0.05, 0.1) is 38.6 Å². The van der Waals surface area contributed by atoms with Gasteiger partial charge in [-0.25, -0.2) is 5.01 Å². The lowest BCUT2D eigenvalue weighted by Crippen LogP contribution is -2.33. The Kier molecular flexibility index (Phi) is 4.90. The highest BCUT2D eigenvalue weighted by Crippen LogP contribution is 2.49. The molecule has 3 aromatic rings. The fourth-order valence-corrected chi connectivity index (χ4v) is 4.30. The van der Waals surface area contributed by atoms with Crippen LogP contribution in [0.2, 0.25) is 0 Å². The minimum atomic E-state index is -0.381. The average molecular weight is 416 g/mol. The van der Waals surface area contributed by atoms with Gasteiger partial charge in [0.2, 0.25) is 6.23 Å². The highest BCUT2D eigenvalue weighted by Gasteiger charge is 2.41. The molecule has 0 radical (unpaired) electrons. The van der Waals surface area contributed by atoms with E-state index in [9.17, 15) is 0 Å². The van der Waals surface area contributed by atoms with E-state index >= 15 is 0 Å². The molecule has 2 aliphatic rings. The van der Waals surface area contributed by atoms with Gasteiger partial charge in [-0.1, -0.05) is 30.3 Å². The van der Waals surface area contributed by atoms with Crippen molar-refractivity contribution in [3.8, 4) is 23.0 Å². The molecule has 5 rings (SSSR count). The first-order valence-electron chi connectivity index (χ1n) is 10.2. The molecule has 0 spiro atoms. The molecule has 3 aromatic carbocycles. The highest BCUT2D eigenvalue weighted by atomic mass is 16.5. The van der Waals surface area contributed by atoms with Crippen molar-refractivity contribution in [2.75, 3.05) is 21.3 Å². The molecule has 6 heteroatoms. The van der Waals surface area contributed by atoms with E-state index in [1.165, 1.54) is 0 Å². The van der Waals surface area contributed by atoms with E-state index in [1.807, 2.05) is 65.7 Å². The van der Waals surface area contributed by atoms with Crippen LogP contribution in [0.1, 0.15) is 35.4 Å². The molecule has 0 N–H and O–H groups in total. The second-order valence-electron chi connectivity index (χ2n) is 7.47. The lowest BCUT2D eigenvalue weighted by molar-refractivity contribution is -0.0203. The Hall–Kier alpha value is -3.67. The fraction of sp³-hybridized carbons (Fsp3) is 0.240. The summed E-state index contributed by atoms with van der Waals surface area (Å²) in [6, 6.07) is 22.1. The minimum absolute atomic E-state index is 0.0722. The first-order chi connectivity index (χ1) is 15.2. The van der Waals surface area contributed by atoms with Crippen LogP contribution in [-0.4, -0.2) is 32.0 Å². The Balaban J connectivity index is 1.59. The maximum absolute atomic E-state index is 6.43. The van der Waals surface area contributed by atoms with Crippen LogP contribution in [0.25, 0.3) is 0 Å². The smallest absolute Gasteiger partial charge is 0.217 e. The number of hydrazone groups is 1. The fourth-order valence-electron chi connectivity index (χ4n) is 4.30. The zero-order valence-corrected chi connectivity index (χ0v) is 17.7. The van der Waals surface area contributed by atoms with E-state index in [-0.39, 0.29) is 12.3 Å². The molecule has 0 amide bonds. The summed E-state index contributed by atoms with van der Waals surface area (Å²) in [5.41, 5.74) is 4.06. The second kappa shape index (κ2) is 7.87. The molecule has 0 bridgehead atoms. The van der Waals surface area contributed by atoms with E-state index in [1.54, 1.807) is 21.3 Å². The Bertz CT molecular complexity index is 1140.